The molecule has 0 saturated carbocycles. The van der Waals surface area contributed by atoms with Crippen molar-refractivity contribution in [1.29, 1.82) is 0 Å². The molecule has 50 valence electrons. The number of hydrogen-bond donors (Lipinski definition) is 1. The Morgan fingerprint density at radius 2 is 2.22 bits per heavy atom. The fourth-order valence-electron chi connectivity index (χ4n) is 0.449. The highest BCUT2D eigenvalue weighted by Crippen LogP contribution is 2.11. The fraction of sp³-hybridized carbons (Fsp3) is 0.429. The Kier molecular flexibility index (Phi) is 2.75. The molecular formula is C7H11NO. The first-order valence-corrected chi connectivity index (χ1v) is 2.68. The lowest BCUT2D eigenvalue weighted by Gasteiger charge is -2.08. The number of allylic oxidation sites excluding steroid dienone is 1. The van der Waals surface area contributed by atoms with Gasteiger partial charge in [-0.3, -0.25) is 0 Å². The first-order chi connectivity index (χ1) is 4.12. The molecule has 1 N–H and O–H groups in total. The second-order valence-corrected chi connectivity index (χ2v) is 2.41. The molecule has 0 amide bonds. The molecular weight excluding hydrogens is 114 g/mol. The van der Waals surface area contributed by atoms with Gasteiger partial charge in [0.1, 0.15) is 0 Å². The van der Waals surface area contributed by atoms with Crippen molar-refractivity contribution in [2.45, 2.75) is 13.8 Å². The Morgan fingerprint density at radius 3 is 2.56 bits per heavy atom. The van der Waals surface area contributed by atoms with Crippen molar-refractivity contribution in [3.63, 3.8) is 0 Å². The number of rotatable bonds is 2. The van der Waals surface area contributed by atoms with E-state index in [-0.39, 0.29) is 5.41 Å². The molecule has 0 aliphatic rings. The number of hydrogen-bond acceptors (Lipinski definition) is 2. The lowest BCUT2D eigenvalue weighted by atomic mass is 9.96. The number of nitrogens with zero attached hydrogens (tertiary/aromatic N) is 1. The summed E-state index contributed by atoms with van der Waals surface area (Å²) in [6, 6.07) is 0. The summed E-state index contributed by atoms with van der Waals surface area (Å²) < 4.78 is 0. The molecule has 2 heteroatoms. The van der Waals surface area contributed by atoms with Crippen LogP contribution in [0.4, 0.5) is 0 Å². The van der Waals surface area contributed by atoms with E-state index in [1.165, 1.54) is 6.21 Å². The third-order valence-electron chi connectivity index (χ3n) is 0.865. The summed E-state index contributed by atoms with van der Waals surface area (Å²) in [6.45, 7) is 7.19. The average Bonchev–Trinajstić information content (AvgIpc) is 1.64. The summed E-state index contributed by atoms with van der Waals surface area (Å²) in [5.74, 6) is 0. The Morgan fingerprint density at radius 1 is 1.67 bits per heavy atom. The van der Waals surface area contributed by atoms with Crippen LogP contribution < -0.4 is 0 Å². The minimum Gasteiger partial charge on any atom is -0.411 e. The van der Waals surface area contributed by atoms with Gasteiger partial charge in [-0.1, -0.05) is 20.4 Å². The molecule has 0 aromatic heterocycles. The lowest BCUT2D eigenvalue weighted by molar-refractivity contribution is 0.317. The van der Waals surface area contributed by atoms with Gasteiger partial charge in [-0.2, -0.15) is 0 Å². The fourth-order valence-corrected chi connectivity index (χ4v) is 0.449. The molecule has 9 heavy (non-hydrogen) atoms. The molecule has 0 radical (unpaired) electrons. The Labute approximate surface area is 55.2 Å². The highest BCUT2D eigenvalue weighted by Gasteiger charge is 2.08. The van der Waals surface area contributed by atoms with Crippen LogP contribution in [0.1, 0.15) is 13.8 Å². The molecule has 0 aliphatic heterocycles. The average molecular weight is 125 g/mol. The summed E-state index contributed by atoms with van der Waals surface area (Å²) in [7, 11) is 0. The van der Waals surface area contributed by atoms with E-state index in [0.29, 0.717) is 0 Å². The quantitative estimate of drug-likeness (QED) is 0.259. The van der Waals surface area contributed by atoms with Crippen LogP contribution in [0, 0.1) is 5.41 Å². The molecule has 0 bridgehead atoms. The minimum absolute atomic E-state index is 0.240. The van der Waals surface area contributed by atoms with Crippen molar-refractivity contribution in [3.8, 4) is 0 Å². The van der Waals surface area contributed by atoms with Crippen molar-refractivity contribution >= 4 is 6.21 Å². The summed E-state index contributed by atoms with van der Waals surface area (Å²) in [6.07, 6.45) is 3.15. The van der Waals surface area contributed by atoms with E-state index < -0.39 is 0 Å². The smallest absolute Gasteiger partial charge is 0.0536 e. The van der Waals surface area contributed by atoms with Gasteiger partial charge in [-0.15, -0.1) is 10.9 Å². The van der Waals surface area contributed by atoms with Crippen LogP contribution in [0.3, 0.4) is 0 Å². The minimum atomic E-state index is -0.240. The summed E-state index contributed by atoms with van der Waals surface area (Å²) in [5, 5.41) is 11.0. The van der Waals surface area contributed by atoms with Crippen LogP contribution in [0.5, 0.6) is 0 Å². The zero-order chi connectivity index (χ0) is 7.33. The maximum Gasteiger partial charge on any atom is 0.0536 e. The van der Waals surface area contributed by atoms with Crippen molar-refractivity contribution in [2.24, 2.45) is 10.6 Å². The van der Waals surface area contributed by atoms with E-state index in [1.54, 1.807) is 6.08 Å². The van der Waals surface area contributed by atoms with Gasteiger partial charge >= 0.3 is 0 Å². The van der Waals surface area contributed by atoms with Crippen LogP contribution in [0.15, 0.2) is 23.5 Å². The first kappa shape index (κ1) is 7.99. The topological polar surface area (TPSA) is 32.6 Å². The Hall–Kier alpha value is -1.01. The molecule has 0 aliphatic carbocycles. The van der Waals surface area contributed by atoms with Gasteiger partial charge in [0.05, 0.1) is 6.21 Å². The van der Waals surface area contributed by atoms with Crippen LogP contribution in [0.2, 0.25) is 0 Å². The normalized spacial score (nSPS) is 11.3. The van der Waals surface area contributed by atoms with Crippen LogP contribution in [-0.4, -0.2) is 11.4 Å². The van der Waals surface area contributed by atoms with Crippen molar-refractivity contribution < 1.29 is 5.21 Å². The van der Waals surface area contributed by atoms with Gasteiger partial charge in [0.25, 0.3) is 0 Å². The lowest BCUT2D eigenvalue weighted by Crippen LogP contribution is -2.07. The van der Waals surface area contributed by atoms with E-state index in [1.807, 2.05) is 13.8 Å². The molecule has 0 saturated heterocycles. The molecule has 0 unspecified atom stereocenters. The van der Waals surface area contributed by atoms with Crippen molar-refractivity contribution in [1.82, 2.24) is 0 Å². The highest BCUT2D eigenvalue weighted by atomic mass is 16.4. The summed E-state index contributed by atoms with van der Waals surface area (Å²) in [4.78, 5) is 0. The molecule has 0 rings (SSSR count). The molecule has 2 nitrogen and oxygen atoms in total. The van der Waals surface area contributed by atoms with E-state index in [2.05, 4.69) is 17.5 Å². The second-order valence-electron chi connectivity index (χ2n) is 2.41. The van der Waals surface area contributed by atoms with E-state index in [4.69, 9.17) is 5.21 Å². The second kappa shape index (κ2) is 3.10. The summed E-state index contributed by atoms with van der Waals surface area (Å²) in [5.41, 5.74) is 2.38. The maximum atomic E-state index is 8.13. The first-order valence-electron chi connectivity index (χ1n) is 2.68. The van der Waals surface area contributed by atoms with E-state index in [9.17, 15) is 0 Å². The van der Waals surface area contributed by atoms with Crippen molar-refractivity contribution in [3.05, 3.63) is 18.4 Å². The van der Waals surface area contributed by atoms with Crippen LogP contribution >= 0.6 is 0 Å². The van der Waals surface area contributed by atoms with Gasteiger partial charge in [0.15, 0.2) is 0 Å². The standard InChI is InChI=1S/C7H11NO/c1-4-5-7(2,3)6-8-9/h5-6,9H,1H2,2-3H3. The summed E-state index contributed by atoms with van der Waals surface area (Å²) >= 11 is 0. The highest BCUT2D eigenvalue weighted by molar-refractivity contribution is 5.66. The predicted molar refractivity (Wildman–Crippen MR) is 37.8 cm³/mol. The van der Waals surface area contributed by atoms with Crippen molar-refractivity contribution in [2.75, 3.05) is 0 Å². The molecule has 0 aromatic carbocycles. The van der Waals surface area contributed by atoms with E-state index in [0.717, 1.165) is 0 Å². The molecule has 0 heterocycles. The zero-order valence-electron chi connectivity index (χ0n) is 5.76. The van der Waals surface area contributed by atoms with Gasteiger partial charge in [0.2, 0.25) is 0 Å². The van der Waals surface area contributed by atoms with Crippen LogP contribution in [-0.2, 0) is 0 Å². The SMILES string of the molecule is C=C=CC(C)(C)C=NO. The van der Waals surface area contributed by atoms with E-state index >= 15 is 0 Å². The number of oxime groups is 1. The third kappa shape index (κ3) is 3.56. The third-order valence-corrected chi connectivity index (χ3v) is 0.865. The Balaban J connectivity index is 4.18. The van der Waals surface area contributed by atoms with Crippen LogP contribution in [0.25, 0.3) is 0 Å². The zero-order valence-corrected chi connectivity index (χ0v) is 5.76. The Bertz CT molecular complexity index is 152. The molecule has 0 fully saturated rings. The monoisotopic (exact) mass is 125 g/mol. The van der Waals surface area contributed by atoms with Gasteiger partial charge in [-0.05, 0) is 6.08 Å². The molecule has 0 spiro atoms. The molecule has 0 atom stereocenters. The predicted octanol–water partition coefficient (Wildman–Crippen LogP) is 1.81. The van der Waals surface area contributed by atoms with Gasteiger partial charge < -0.3 is 5.21 Å². The maximum absolute atomic E-state index is 8.13. The molecule has 0 aromatic rings. The van der Waals surface area contributed by atoms with Gasteiger partial charge in [0, 0.05) is 5.41 Å². The van der Waals surface area contributed by atoms with Gasteiger partial charge in [-0.25, -0.2) is 0 Å². The largest absolute Gasteiger partial charge is 0.411 e.